The number of hydrogen-bond acceptors (Lipinski definition) is 6. The number of pyridine rings is 1. The van der Waals surface area contributed by atoms with Gasteiger partial charge in [0.1, 0.15) is 16.7 Å². The second-order valence-corrected chi connectivity index (χ2v) is 11.4. The summed E-state index contributed by atoms with van der Waals surface area (Å²) in [6, 6.07) is 5.27. The van der Waals surface area contributed by atoms with Gasteiger partial charge in [-0.05, 0) is 43.4 Å². The summed E-state index contributed by atoms with van der Waals surface area (Å²) < 4.78 is 41.3. The second-order valence-electron chi connectivity index (χ2n) is 11.0. The Balaban J connectivity index is 1.13. The molecule has 0 aliphatic carbocycles. The first kappa shape index (κ1) is 28.2. The second kappa shape index (κ2) is 11.0. The first-order valence-electron chi connectivity index (χ1n) is 13.8. The monoisotopic (exact) mass is 596 g/mol. The van der Waals surface area contributed by atoms with E-state index in [9.17, 15) is 23.2 Å². The average Bonchev–Trinajstić information content (AvgIpc) is 3.60. The Kier molecular flexibility index (Phi) is 7.41. The molecule has 6 heterocycles. The highest BCUT2D eigenvalue weighted by molar-refractivity contribution is 6.33. The molecular weight excluding hydrogens is 569 g/mol. The van der Waals surface area contributed by atoms with Crippen molar-refractivity contribution in [3.8, 4) is 6.07 Å². The van der Waals surface area contributed by atoms with Gasteiger partial charge in [0.05, 0.1) is 29.3 Å². The molecule has 6 rings (SSSR count). The van der Waals surface area contributed by atoms with Crippen LogP contribution >= 0.6 is 11.6 Å². The molecule has 2 fully saturated rings. The molecule has 0 radical (unpaired) electrons. The number of hydrogen-bond donors (Lipinski definition) is 1. The lowest BCUT2D eigenvalue weighted by Crippen LogP contribution is -2.66. The molecule has 0 aromatic carbocycles. The van der Waals surface area contributed by atoms with E-state index in [-0.39, 0.29) is 16.6 Å². The minimum atomic E-state index is -4.67. The maximum absolute atomic E-state index is 13.1. The minimum absolute atomic E-state index is 0.103. The molecular formula is C29H28ClF3N8O. The van der Waals surface area contributed by atoms with Crippen molar-refractivity contribution in [3.63, 3.8) is 0 Å². The Bertz CT molecular complexity index is 1690. The number of nitrogens with zero attached hydrogens (tertiary/aromatic N) is 7. The molecule has 42 heavy (non-hydrogen) atoms. The van der Waals surface area contributed by atoms with Gasteiger partial charge in [0.2, 0.25) is 0 Å². The first-order valence-corrected chi connectivity index (χ1v) is 14.1. The normalized spacial score (nSPS) is 19.3. The number of carbonyl (C=O) groups excluding carboxylic acids is 1. The van der Waals surface area contributed by atoms with Crippen LogP contribution in [0.5, 0.6) is 0 Å². The zero-order chi connectivity index (χ0) is 29.5. The predicted octanol–water partition coefficient (Wildman–Crippen LogP) is 3.63. The van der Waals surface area contributed by atoms with Gasteiger partial charge in [-0.2, -0.15) is 23.5 Å². The highest BCUT2D eigenvalue weighted by Gasteiger charge is 2.48. The molecule has 1 N–H and O–H groups in total. The lowest BCUT2D eigenvalue weighted by molar-refractivity contribution is -0.141. The largest absolute Gasteiger partial charge is 0.433 e. The van der Waals surface area contributed by atoms with Crippen molar-refractivity contribution in [3.05, 3.63) is 81.7 Å². The van der Waals surface area contributed by atoms with Crippen LogP contribution in [0.3, 0.4) is 0 Å². The Labute approximate surface area is 244 Å². The van der Waals surface area contributed by atoms with Crippen molar-refractivity contribution >= 4 is 23.1 Å². The van der Waals surface area contributed by atoms with Gasteiger partial charge in [0, 0.05) is 67.8 Å². The summed E-state index contributed by atoms with van der Waals surface area (Å²) in [5.74, 6) is -0.529. The van der Waals surface area contributed by atoms with Crippen LogP contribution in [0.4, 0.5) is 13.2 Å². The Hall–Kier alpha value is -3.95. The van der Waals surface area contributed by atoms with E-state index in [1.165, 1.54) is 0 Å². The molecule has 9 nitrogen and oxygen atoms in total. The third-order valence-electron chi connectivity index (χ3n) is 8.38. The van der Waals surface area contributed by atoms with Crippen LogP contribution < -0.4 is 10.7 Å². The van der Waals surface area contributed by atoms with Crippen molar-refractivity contribution in [2.24, 2.45) is 4.99 Å². The number of fused-ring (bicyclic) bond motifs is 1. The fraction of sp³-hybridized carbons (Fsp3) is 0.414. The molecule has 0 saturated carbocycles. The third kappa shape index (κ3) is 5.23. The average molecular weight is 597 g/mol. The third-order valence-corrected chi connectivity index (χ3v) is 8.69. The molecule has 13 heteroatoms. The first-order chi connectivity index (χ1) is 20.2. The summed E-state index contributed by atoms with van der Waals surface area (Å²) >= 11 is 6.05. The van der Waals surface area contributed by atoms with Crippen LogP contribution in [-0.4, -0.2) is 67.7 Å². The van der Waals surface area contributed by atoms with E-state index >= 15 is 0 Å². The number of amides is 1. The molecule has 3 aromatic heterocycles. The number of rotatable bonds is 5. The summed E-state index contributed by atoms with van der Waals surface area (Å²) in [4.78, 5) is 27.9. The van der Waals surface area contributed by atoms with Gasteiger partial charge in [-0.3, -0.25) is 19.4 Å². The molecule has 2 saturated heterocycles. The molecule has 0 atom stereocenters. The van der Waals surface area contributed by atoms with Crippen LogP contribution in [-0.2, 0) is 11.7 Å². The Morgan fingerprint density at radius 1 is 1.24 bits per heavy atom. The number of nitrogens with one attached hydrogen (secondary N) is 1. The number of carbonyl (C=O) groups is 1. The molecule has 218 valence electrons. The van der Waals surface area contributed by atoms with Gasteiger partial charge in [-0.1, -0.05) is 17.7 Å². The number of allylic oxidation sites excluding steroid dienone is 1. The van der Waals surface area contributed by atoms with Gasteiger partial charge in [-0.15, -0.1) is 0 Å². The van der Waals surface area contributed by atoms with Crippen molar-refractivity contribution in [1.82, 2.24) is 29.5 Å². The summed E-state index contributed by atoms with van der Waals surface area (Å²) in [6.07, 6.45) is 9.19. The fourth-order valence-electron chi connectivity index (χ4n) is 6.13. The Morgan fingerprint density at radius 3 is 2.76 bits per heavy atom. The minimum Gasteiger partial charge on any atom is -0.346 e. The number of likely N-dealkylation sites (tertiary alicyclic amines) is 2. The summed E-state index contributed by atoms with van der Waals surface area (Å²) in [5, 5.41) is 15.3. The molecule has 3 aliphatic rings. The highest BCUT2D eigenvalue weighted by atomic mass is 35.5. The van der Waals surface area contributed by atoms with Crippen LogP contribution in [0, 0.1) is 11.3 Å². The maximum Gasteiger partial charge on any atom is 0.433 e. The fourth-order valence-corrected chi connectivity index (χ4v) is 6.31. The lowest BCUT2D eigenvalue weighted by Gasteiger charge is -2.53. The van der Waals surface area contributed by atoms with Crippen LogP contribution in [0.2, 0.25) is 5.02 Å². The summed E-state index contributed by atoms with van der Waals surface area (Å²) in [5.41, 5.74) is 1.19. The van der Waals surface area contributed by atoms with Gasteiger partial charge < -0.3 is 9.88 Å². The molecule has 1 amide bonds. The maximum atomic E-state index is 13.1. The van der Waals surface area contributed by atoms with Crippen LogP contribution in [0.15, 0.2) is 54.2 Å². The van der Waals surface area contributed by atoms with Crippen molar-refractivity contribution in [2.75, 3.05) is 26.2 Å². The van der Waals surface area contributed by atoms with Gasteiger partial charge in [0.15, 0.2) is 0 Å². The number of nitriles is 1. The van der Waals surface area contributed by atoms with E-state index in [0.717, 1.165) is 46.9 Å². The molecule has 0 unspecified atom stereocenters. The molecule has 0 spiro atoms. The van der Waals surface area contributed by atoms with Gasteiger partial charge >= 0.3 is 6.18 Å². The smallest absolute Gasteiger partial charge is 0.346 e. The summed E-state index contributed by atoms with van der Waals surface area (Å²) in [7, 11) is 0. The van der Waals surface area contributed by atoms with E-state index in [1.54, 1.807) is 4.90 Å². The molecule has 3 aromatic rings. The quantitative estimate of drug-likeness (QED) is 0.484. The van der Waals surface area contributed by atoms with E-state index in [4.69, 9.17) is 16.7 Å². The number of H-pyrrole nitrogens is 1. The highest BCUT2D eigenvalue weighted by Crippen LogP contribution is 2.37. The molecule has 0 bridgehead atoms. The summed E-state index contributed by atoms with van der Waals surface area (Å²) in [6.45, 7) is 2.09. The van der Waals surface area contributed by atoms with Crippen LogP contribution in [0.1, 0.15) is 53.7 Å². The molecule has 3 aliphatic heterocycles. The zero-order valence-corrected chi connectivity index (χ0v) is 23.4. The SMILES string of the molecule is N#CCC1(n2cc(C3=c4cc[nH]c4=NC=CCC3)cn2)CN(C2CCN(C(=O)c3cc(C(F)(F)F)ncc3Cl)CC2)C1. The van der Waals surface area contributed by atoms with Crippen molar-refractivity contribution in [1.29, 1.82) is 5.26 Å². The van der Waals surface area contributed by atoms with Gasteiger partial charge in [-0.25, -0.2) is 4.99 Å². The van der Waals surface area contributed by atoms with E-state index in [2.05, 4.69) is 25.9 Å². The lowest BCUT2D eigenvalue weighted by atomic mass is 9.83. The number of aromatic amines is 1. The zero-order valence-electron chi connectivity index (χ0n) is 22.6. The van der Waals surface area contributed by atoms with E-state index in [1.807, 2.05) is 41.6 Å². The van der Waals surface area contributed by atoms with Crippen LogP contribution in [0.25, 0.3) is 5.57 Å². The number of halogens is 4. The topological polar surface area (TPSA) is 106 Å². The number of piperidine rings is 1. The van der Waals surface area contributed by atoms with Gasteiger partial charge in [0.25, 0.3) is 5.91 Å². The van der Waals surface area contributed by atoms with Crippen molar-refractivity contribution < 1.29 is 18.0 Å². The predicted molar refractivity (Wildman–Crippen MR) is 148 cm³/mol. The van der Waals surface area contributed by atoms with Crippen molar-refractivity contribution in [2.45, 2.75) is 49.9 Å². The standard InChI is InChI=1S/C29H28ClF3N8O/c30-24-15-37-25(29(31,32)33)13-23(24)27(42)39-11-5-20(6-12-39)40-17-28(18-40,7-8-34)41-16-19(14-38-41)21-3-1-2-9-35-26-22(21)4-10-36-26/h2,4,9-10,13-16,20H,1,3,5-7,11-12,17-18H2,(H,35,36). The van der Waals surface area contributed by atoms with E-state index in [0.29, 0.717) is 45.4 Å². The Morgan fingerprint density at radius 2 is 2.02 bits per heavy atom. The number of alkyl halides is 3. The number of aromatic nitrogens is 4. The van der Waals surface area contributed by atoms with E-state index < -0.39 is 23.3 Å².